The molecule has 3 rings (SSSR count). The quantitative estimate of drug-likeness (QED) is 0.830. The Morgan fingerprint density at radius 3 is 2.54 bits per heavy atom. The molecule has 1 N–H and O–H groups in total. The number of anilines is 1. The van der Waals surface area contributed by atoms with E-state index in [9.17, 15) is 4.79 Å². The summed E-state index contributed by atoms with van der Waals surface area (Å²) in [5.41, 5.74) is 4.23. The molecule has 1 aliphatic heterocycles. The van der Waals surface area contributed by atoms with Gasteiger partial charge in [-0.25, -0.2) is 0 Å². The van der Waals surface area contributed by atoms with Crippen molar-refractivity contribution in [1.82, 2.24) is 5.32 Å². The number of aryl methyl sites for hydroxylation is 1. The van der Waals surface area contributed by atoms with Gasteiger partial charge in [0.1, 0.15) is 0 Å². The maximum absolute atomic E-state index is 12.5. The largest absolute Gasteiger partial charge is 0.318 e. The van der Waals surface area contributed by atoms with Gasteiger partial charge in [-0.3, -0.25) is 10.1 Å². The molecule has 124 valence electrons. The molecule has 0 unspecified atom stereocenters. The van der Waals surface area contributed by atoms with E-state index in [1.165, 1.54) is 11.1 Å². The monoisotopic (exact) mass is 338 g/mol. The first-order valence-corrected chi connectivity index (χ1v) is 8.78. The third kappa shape index (κ3) is 3.49. The second-order valence-electron chi connectivity index (χ2n) is 6.42. The molecule has 1 heterocycles. The first-order chi connectivity index (χ1) is 11.6. The molecule has 0 spiro atoms. The molecule has 2 aromatic rings. The summed E-state index contributed by atoms with van der Waals surface area (Å²) in [4.78, 5) is 14.5. The lowest BCUT2D eigenvalue weighted by atomic mass is 10.0. The molecule has 1 amide bonds. The highest BCUT2D eigenvalue weighted by atomic mass is 32.1. The van der Waals surface area contributed by atoms with E-state index in [-0.39, 0.29) is 5.91 Å². The number of thiocarbonyl (C=S) groups is 1. The zero-order valence-electron chi connectivity index (χ0n) is 14.1. The Kier molecular flexibility index (Phi) is 4.95. The molecule has 3 nitrogen and oxygen atoms in total. The maximum Gasteiger partial charge on any atom is 0.257 e. The van der Waals surface area contributed by atoms with Gasteiger partial charge in [0.15, 0.2) is 5.11 Å². The number of hydrogen-bond acceptors (Lipinski definition) is 2. The topological polar surface area (TPSA) is 32.3 Å². The van der Waals surface area contributed by atoms with E-state index >= 15 is 0 Å². The molecule has 0 fully saturated rings. The summed E-state index contributed by atoms with van der Waals surface area (Å²) in [6.45, 7) is 5.11. The van der Waals surface area contributed by atoms with Crippen molar-refractivity contribution in [2.24, 2.45) is 0 Å². The third-order valence-electron chi connectivity index (χ3n) is 4.42. The molecule has 24 heavy (non-hydrogen) atoms. The normalized spacial score (nSPS) is 13.5. The van der Waals surface area contributed by atoms with Crippen molar-refractivity contribution in [3.63, 3.8) is 0 Å². The smallest absolute Gasteiger partial charge is 0.257 e. The highest BCUT2D eigenvalue weighted by Crippen LogP contribution is 2.26. The van der Waals surface area contributed by atoms with Gasteiger partial charge in [0.25, 0.3) is 5.91 Å². The first-order valence-electron chi connectivity index (χ1n) is 8.37. The number of benzene rings is 2. The highest BCUT2D eigenvalue weighted by molar-refractivity contribution is 7.80. The summed E-state index contributed by atoms with van der Waals surface area (Å²) in [6, 6.07) is 15.9. The molecule has 0 atom stereocenters. The number of rotatable bonds is 2. The molecule has 0 radical (unpaired) electrons. The van der Waals surface area contributed by atoms with Gasteiger partial charge in [-0.05, 0) is 60.3 Å². The molecule has 0 saturated heterocycles. The van der Waals surface area contributed by atoms with Gasteiger partial charge in [0, 0.05) is 17.8 Å². The molecular formula is C20H22N2OS. The van der Waals surface area contributed by atoms with Crippen LogP contribution in [0.5, 0.6) is 0 Å². The van der Waals surface area contributed by atoms with Gasteiger partial charge in [-0.15, -0.1) is 0 Å². The van der Waals surface area contributed by atoms with Crippen molar-refractivity contribution in [3.05, 3.63) is 65.2 Å². The van der Waals surface area contributed by atoms with Gasteiger partial charge in [-0.2, -0.15) is 0 Å². The van der Waals surface area contributed by atoms with Crippen molar-refractivity contribution in [2.75, 3.05) is 11.4 Å². The van der Waals surface area contributed by atoms with Crippen molar-refractivity contribution in [1.29, 1.82) is 0 Å². The number of para-hydroxylation sites is 1. The number of fused-ring (bicyclic) bond motifs is 1. The van der Waals surface area contributed by atoms with E-state index in [0.717, 1.165) is 25.1 Å². The molecular weight excluding hydrogens is 316 g/mol. The highest BCUT2D eigenvalue weighted by Gasteiger charge is 2.21. The average molecular weight is 338 g/mol. The van der Waals surface area contributed by atoms with Crippen LogP contribution in [0.15, 0.2) is 48.5 Å². The van der Waals surface area contributed by atoms with Crippen molar-refractivity contribution in [2.45, 2.75) is 32.6 Å². The summed E-state index contributed by atoms with van der Waals surface area (Å²) in [5.74, 6) is 0.298. The van der Waals surface area contributed by atoms with Crippen molar-refractivity contribution in [3.8, 4) is 0 Å². The minimum absolute atomic E-state index is 0.154. The Hall–Kier alpha value is -2.20. The van der Waals surface area contributed by atoms with E-state index in [1.54, 1.807) is 0 Å². The van der Waals surface area contributed by atoms with Gasteiger partial charge in [0.2, 0.25) is 0 Å². The van der Waals surface area contributed by atoms with E-state index in [4.69, 9.17) is 12.2 Å². The summed E-state index contributed by atoms with van der Waals surface area (Å²) >= 11 is 5.49. The zero-order valence-corrected chi connectivity index (χ0v) is 14.9. The predicted octanol–water partition coefficient (Wildman–Crippen LogP) is 4.28. The van der Waals surface area contributed by atoms with E-state index in [0.29, 0.717) is 16.6 Å². The Labute approximate surface area is 148 Å². The number of amides is 1. The predicted molar refractivity (Wildman–Crippen MR) is 103 cm³/mol. The van der Waals surface area contributed by atoms with Crippen molar-refractivity contribution >= 4 is 28.9 Å². The number of hydrogen-bond donors (Lipinski definition) is 1. The van der Waals surface area contributed by atoms with Crippen LogP contribution >= 0.6 is 12.2 Å². The number of carbonyl (C=O) groups is 1. The Bertz CT molecular complexity index is 752. The van der Waals surface area contributed by atoms with Gasteiger partial charge in [0.05, 0.1) is 0 Å². The Morgan fingerprint density at radius 1 is 1.12 bits per heavy atom. The third-order valence-corrected chi connectivity index (χ3v) is 4.74. The molecule has 1 aliphatic rings. The fourth-order valence-corrected chi connectivity index (χ4v) is 3.28. The van der Waals surface area contributed by atoms with Crippen LogP contribution in [0.3, 0.4) is 0 Å². The van der Waals surface area contributed by atoms with Crippen LogP contribution < -0.4 is 10.2 Å². The number of nitrogens with one attached hydrogen (secondary N) is 1. The lowest BCUT2D eigenvalue weighted by Crippen LogP contribution is -2.45. The summed E-state index contributed by atoms with van der Waals surface area (Å²) in [5, 5.41) is 3.35. The van der Waals surface area contributed by atoms with Crippen LogP contribution in [0.1, 0.15) is 47.7 Å². The second kappa shape index (κ2) is 7.14. The lowest BCUT2D eigenvalue weighted by Gasteiger charge is -2.31. The summed E-state index contributed by atoms with van der Waals surface area (Å²) < 4.78 is 0. The summed E-state index contributed by atoms with van der Waals surface area (Å²) in [6.07, 6.45) is 2.09. The fraction of sp³-hybridized carbons (Fsp3) is 0.300. The first kappa shape index (κ1) is 16.7. The molecule has 0 saturated carbocycles. The van der Waals surface area contributed by atoms with Gasteiger partial charge in [-0.1, -0.05) is 44.2 Å². The number of nitrogens with zero attached hydrogens (tertiary/aromatic N) is 1. The molecule has 2 aromatic carbocycles. The molecule has 0 bridgehead atoms. The maximum atomic E-state index is 12.5. The van der Waals surface area contributed by atoms with Crippen LogP contribution in [0.25, 0.3) is 0 Å². The van der Waals surface area contributed by atoms with Crippen LogP contribution in [-0.4, -0.2) is 17.6 Å². The van der Waals surface area contributed by atoms with E-state index in [1.807, 2.05) is 41.3 Å². The van der Waals surface area contributed by atoms with Crippen LogP contribution in [0, 0.1) is 0 Å². The average Bonchev–Trinajstić information content (AvgIpc) is 2.61. The Balaban J connectivity index is 1.72. The minimum Gasteiger partial charge on any atom is -0.318 e. The molecule has 0 aliphatic carbocycles. The minimum atomic E-state index is -0.154. The van der Waals surface area contributed by atoms with Gasteiger partial charge < -0.3 is 4.90 Å². The van der Waals surface area contributed by atoms with Crippen LogP contribution in [0.2, 0.25) is 0 Å². The SMILES string of the molecule is CC(C)c1ccc(C(=O)NC(=S)N2CCCc3ccccc32)cc1. The van der Waals surface area contributed by atoms with E-state index in [2.05, 4.69) is 31.3 Å². The van der Waals surface area contributed by atoms with Crippen molar-refractivity contribution < 1.29 is 4.79 Å². The molecule has 4 heteroatoms. The van der Waals surface area contributed by atoms with Gasteiger partial charge >= 0.3 is 0 Å². The lowest BCUT2D eigenvalue weighted by molar-refractivity contribution is 0.0977. The second-order valence-corrected chi connectivity index (χ2v) is 6.81. The Morgan fingerprint density at radius 2 is 1.83 bits per heavy atom. The van der Waals surface area contributed by atoms with Crippen LogP contribution in [-0.2, 0) is 6.42 Å². The zero-order chi connectivity index (χ0) is 17.1. The fourth-order valence-electron chi connectivity index (χ4n) is 3.00. The molecule has 0 aromatic heterocycles. The summed E-state index contributed by atoms with van der Waals surface area (Å²) in [7, 11) is 0. The van der Waals surface area contributed by atoms with Crippen LogP contribution in [0.4, 0.5) is 5.69 Å². The standard InChI is InChI=1S/C20H22N2OS/c1-14(2)15-9-11-17(12-10-15)19(23)21-20(24)22-13-5-7-16-6-3-4-8-18(16)22/h3-4,6,8-12,14H,5,7,13H2,1-2H3,(H,21,23,24). The number of carbonyl (C=O) groups excluding carboxylic acids is 1. The van der Waals surface area contributed by atoms with E-state index < -0.39 is 0 Å².